The molecule has 2 nitrogen and oxygen atoms in total. The van der Waals surface area contributed by atoms with Crippen LogP contribution < -0.4 is 4.74 Å². The zero-order chi connectivity index (χ0) is 14.4. The summed E-state index contributed by atoms with van der Waals surface area (Å²) in [5, 5.41) is 10.6. The van der Waals surface area contributed by atoms with Crippen molar-refractivity contribution in [2.75, 3.05) is 6.61 Å². The molecule has 0 saturated heterocycles. The molecule has 1 fully saturated rings. The Morgan fingerprint density at radius 3 is 2.60 bits per heavy atom. The Balaban J connectivity index is 1.95. The van der Waals surface area contributed by atoms with E-state index in [2.05, 4.69) is 13.8 Å². The highest BCUT2D eigenvalue weighted by molar-refractivity contribution is 5.28. The van der Waals surface area contributed by atoms with Crippen molar-refractivity contribution in [1.29, 1.82) is 0 Å². The van der Waals surface area contributed by atoms with Crippen molar-refractivity contribution in [3.8, 4) is 5.75 Å². The fourth-order valence-electron chi connectivity index (χ4n) is 3.24. The normalized spacial score (nSPS) is 24.4. The molecule has 1 aromatic carbocycles. The third kappa shape index (κ3) is 3.99. The summed E-state index contributed by atoms with van der Waals surface area (Å²) < 4.78 is 5.59. The fraction of sp³-hybridized carbons (Fsp3) is 0.667. The van der Waals surface area contributed by atoms with Crippen molar-refractivity contribution in [1.82, 2.24) is 0 Å². The van der Waals surface area contributed by atoms with Crippen LogP contribution in [0.3, 0.4) is 0 Å². The molecule has 0 aromatic heterocycles. The zero-order valence-corrected chi connectivity index (χ0v) is 12.8. The van der Waals surface area contributed by atoms with Gasteiger partial charge in [-0.1, -0.05) is 45.2 Å². The molecule has 3 atom stereocenters. The van der Waals surface area contributed by atoms with Gasteiger partial charge in [-0.2, -0.15) is 0 Å². The minimum atomic E-state index is -0.315. The van der Waals surface area contributed by atoms with Gasteiger partial charge in [0.05, 0.1) is 12.7 Å². The summed E-state index contributed by atoms with van der Waals surface area (Å²) in [7, 11) is 0. The van der Waals surface area contributed by atoms with Gasteiger partial charge in [0.2, 0.25) is 0 Å². The number of ether oxygens (including phenoxy) is 1. The number of benzene rings is 1. The van der Waals surface area contributed by atoms with Crippen LogP contribution in [-0.2, 0) is 0 Å². The number of rotatable bonds is 6. The molecule has 0 bridgehead atoms. The molecule has 1 aliphatic carbocycles. The molecule has 1 N–H and O–H groups in total. The molecule has 0 heterocycles. The standard InChI is InChI=1S/C18H28O2/c1-3-12-20-17-10-8-15(9-11-17)18(19)16-7-5-6-14(4-2)13-16/h8-11,14,16,18-19H,3-7,12-13H2,1-2H3. The Kier molecular flexibility index (Phi) is 5.90. The van der Waals surface area contributed by atoms with Crippen molar-refractivity contribution in [2.24, 2.45) is 11.8 Å². The monoisotopic (exact) mass is 276 g/mol. The van der Waals surface area contributed by atoms with Gasteiger partial charge in [-0.15, -0.1) is 0 Å². The summed E-state index contributed by atoms with van der Waals surface area (Å²) in [6.45, 7) is 5.12. The molecule has 0 amide bonds. The Labute approximate surface area is 123 Å². The van der Waals surface area contributed by atoms with E-state index in [0.29, 0.717) is 5.92 Å². The van der Waals surface area contributed by atoms with Crippen LogP contribution in [0.5, 0.6) is 5.75 Å². The maximum Gasteiger partial charge on any atom is 0.119 e. The van der Waals surface area contributed by atoms with E-state index in [4.69, 9.17) is 4.74 Å². The third-order valence-corrected chi connectivity index (χ3v) is 4.54. The molecule has 2 rings (SSSR count). The first-order valence-corrected chi connectivity index (χ1v) is 8.15. The Hall–Kier alpha value is -1.02. The molecule has 20 heavy (non-hydrogen) atoms. The molecule has 2 heteroatoms. The van der Waals surface area contributed by atoms with Crippen LogP contribution in [0.4, 0.5) is 0 Å². The Morgan fingerprint density at radius 2 is 1.95 bits per heavy atom. The lowest BCUT2D eigenvalue weighted by atomic mass is 9.76. The molecule has 0 radical (unpaired) electrons. The highest BCUT2D eigenvalue weighted by Gasteiger charge is 2.27. The number of aliphatic hydroxyl groups excluding tert-OH is 1. The molecular formula is C18H28O2. The van der Waals surface area contributed by atoms with Crippen molar-refractivity contribution in [2.45, 2.75) is 58.5 Å². The second-order valence-corrected chi connectivity index (χ2v) is 6.06. The van der Waals surface area contributed by atoms with E-state index in [1.807, 2.05) is 24.3 Å². The lowest BCUT2D eigenvalue weighted by Crippen LogP contribution is -2.21. The van der Waals surface area contributed by atoms with Crippen molar-refractivity contribution < 1.29 is 9.84 Å². The maximum atomic E-state index is 10.6. The van der Waals surface area contributed by atoms with Crippen LogP contribution in [0.25, 0.3) is 0 Å². The number of hydrogen-bond acceptors (Lipinski definition) is 2. The smallest absolute Gasteiger partial charge is 0.119 e. The van der Waals surface area contributed by atoms with E-state index in [9.17, 15) is 5.11 Å². The zero-order valence-electron chi connectivity index (χ0n) is 12.8. The molecule has 1 saturated carbocycles. The summed E-state index contributed by atoms with van der Waals surface area (Å²) >= 11 is 0. The van der Waals surface area contributed by atoms with Gasteiger partial charge < -0.3 is 9.84 Å². The van der Waals surface area contributed by atoms with Gasteiger partial charge in [0.25, 0.3) is 0 Å². The highest BCUT2D eigenvalue weighted by atomic mass is 16.5. The van der Waals surface area contributed by atoms with Crippen molar-refractivity contribution in [3.05, 3.63) is 29.8 Å². The fourth-order valence-corrected chi connectivity index (χ4v) is 3.24. The van der Waals surface area contributed by atoms with Gasteiger partial charge in [-0.05, 0) is 48.8 Å². The summed E-state index contributed by atoms with van der Waals surface area (Å²) in [6.07, 6.45) is 6.88. The first kappa shape index (κ1) is 15.4. The molecule has 3 unspecified atom stereocenters. The van der Waals surface area contributed by atoms with Crippen LogP contribution in [0.2, 0.25) is 0 Å². The van der Waals surface area contributed by atoms with Crippen LogP contribution in [0.1, 0.15) is 64.0 Å². The SMILES string of the molecule is CCCOc1ccc(C(O)C2CCCC(CC)C2)cc1. The first-order valence-electron chi connectivity index (χ1n) is 8.15. The van der Waals surface area contributed by atoms with Crippen molar-refractivity contribution in [3.63, 3.8) is 0 Å². The molecule has 1 aromatic rings. The van der Waals surface area contributed by atoms with Gasteiger partial charge in [0.15, 0.2) is 0 Å². The van der Waals surface area contributed by atoms with Crippen LogP contribution in [0.15, 0.2) is 24.3 Å². The summed E-state index contributed by atoms with van der Waals surface area (Å²) in [6, 6.07) is 8.00. The van der Waals surface area contributed by atoms with Gasteiger partial charge in [0.1, 0.15) is 5.75 Å². The minimum Gasteiger partial charge on any atom is -0.494 e. The first-order chi connectivity index (χ1) is 9.74. The molecule has 1 aliphatic rings. The van der Waals surface area contributed by atoms with E-state index >= 15 is 0 Å². The Morgan fingerprint density at radius 1 is 1.20 bits per heavy atom. The third-order valence-electron chi connectivity index (χ3n) is 4.54. The molecule has 0 aliphatic heterocycles. The predicted molar refractivity (Wildman–Crippen MR) is 82.9 cm³/mol. The highest BCUT2D eigenvalue weighted by Crippen LogP contribution is 2.38. The number of aliphatic hydroxyl groups is 1. The van der Waals surface area contributed by atoms with E-state index < -0.39 is 0 Å². The predicted octanol–water partition coefficient (Wildman–Crippen LogP) is 4.73. The quantitative estimate of drug-likeness (QED) is 0.814. The van der Waals surface area contributed by atoms with Gasteiger partial charge in [0, 0.05) is 0 Å². The summed E-state index contributed by atoms with van der Waals surface area (Å²) in [5.41, 5.74) is 1.04. The second kappa shape index (κ2) is 7.68. The summed E-state index contributed by atoms with van der Waals surface area (Å²) in [4.78, 5) is 0. The van der Waals surface area contributed by atoms with Crippen LogP contribution in [0, 0.1) is 11.8 Å². The Bertz CT molecular complexity index is 385. The average molecular weight is 276 g/mol. The van der Waals surface area contributed by atoms with Gasteiger partial charge in [-0.25, -0.2) is 0 Å². The van der Waals surface area contributed by atoms with E-state index in [0.717, 1.165) is 36.7 Å². The van der Waals surface area contributed by atoms with E-state index in [-0.39, 0.29) is 6.10 Å². The molecular weight excluding hydrogens is 248 g/mol. The van der Waals surface area contributed by atoms with Gasteiger partial charge in [-0.3, -0.25) is 0 Å². The van der Waals surface area contributed by atoms with E-state index in [1.165, 1.54) is 25.7 Å². The minimum absolute atomic E-state index is 0.315. The lowest BCUT2D eigenvalue weighted by Gasteiger charge is -2.32. The van der Waals surface area contributed by atoms with Crippen LogP contribution in [-0.4, -0.2) is 11.7 Å². The second-order valence-electron chi connectivity index (χ2n) is 6.06. The largest absolute Gasteiger partial charge is 0.494 e. The topological polar surface area (TPSA) is 29.5 Å². The summed E-state index contributed by atoms with van der Waals surface area (Å²) in [5.74, 6) is 2.13. The lowest BCUT2D eigenvalue weighted by molar-refractivity contribution is 0.0677. The average Bonchev–Trinajstić information content (AvgIpc) is 2.52. The molecule has 0 spiro atoms. The number of hydrogen-bond donors (Lipinski definition) is 1. The van der Waals surface area contributed by atoms with Crippen LogP contribution >= 0.6 is 0 Å². The van der Waals surface area contributed by atoms with Gasteiger partial charge >= 0.3 is 0 Å². The van der Waals surface area contributed by atoms with Crippen molar-refractivity contribution >= 4 is 0 Å². The maximum absolute atomic E-state index is 10.6. The van der Waals surface area contributed by atoms with E-state index in [1.54, 1.807) is 0 Å². The molecule has 112 valence electrons.